The molecule has 3 aromatic carbocycles. The van der Waals surface area contributed by atoms with E-state index in [0.717, 1.165) is 22.4 Å². The summed E-state index contributed by atoms with van der Waals surface area (Å²) in [5.41, 5.74) is 8.59. The van der Waals surface area contributed by atoms with E-state index < -0.39 is 11.5 Å². The molecule has 0 aromatic heterocycles. The predicted octanol–water partition coefficient (Wildman–Crippen LogP) is 3.99. The monoisotopic (exact) mass is 360 g/mol. The molecule has 0 bridgehead atoms. The minimum atomic E-state index is -1.81. The lowest BCUT2D eigenvalue weighted by atomic mass is 9.84. The van der Waals surface area contributed by atoms with Crippen molar-refractivity contribution < 1.29 is 9.90 Å². The number of aryl methyl sites for hydroxylation is 3. The summed E-state index contributed by atoms with van der Waals surface area (Å²) in [7, 11) is 0. The van der Waals surface area contributed by atoms with Gasteiger partial charge in [-0.1, -0.05) is 77.4 Å². The topological polar surface area (TPSA) is 61.4 Å². The molecule has 0 saturated carbocycles. The molecule has 0 fully saturated rings. The first-order valence-electron chi connectivity index (χ1n) is 8.89. The average Bonchev–Trinajstić information content (AvgIpc) is 2.66. The molecule has 138 valence electrons. The van der Waals surface area contributed by atoms with Crippen LogP contribution in [0.15, 0.2) is 72.8 Å². The van der Waals surface area contributed by atoms with E-state index in [1.54, 1.807) is 12.1 Å². The molecule has 0 aliphatic rings. The van der Waals surface area contributed by atoms with E-state index in [9.17, 15) is 9.90 Å². The number of carbonyl (C=O) groups is 1. The lowest BCUT2D eigenvalue weighted by Gasteiger charge is -2.29. The highest BCUT2D eigenvalue weighted by atomic mass is 16.3. The SMILES string of the molecule is Cc1ccc(NNC(=O)C(O)(c2cccc(C)c2)c2cccc(C)c2)cc1. The zero-order valence-corrected chi connectivity index (χ0v) is 15.8. The number of rotatable bonds is 5. The Morgan fingerprint density at radius 1 is 0.778 bits per heavy atom. The number of hydrogen-bond acceptors (Lipinski definition) is 3. The van der Waals surface area contributed by atoms with E-state index in [-0.39, 0.29) is 0 Å². The van der Waals surface area contributed by atoms with Crippen LogP contribution >= 0.6 is 0 Å². The van der Waals surface area contributed by atoms with Gasteiger partial charge in [0, 0.05) is 0 Å². The van der Waals surface area contributed by atoms with Crippen molar-refractivity contribution in [1.82, 2.24) is 5.43 Å². The first-order chi connectivity index (χ1) is 12.9. The minimum absolute atomic E-state index is 0.524. The van der Waals surface area contributed by atoms with Gasteiger partial charge in [0.25, 0.3) is 5.91 Å². The van der Waals surface area contributed by atoms with E-state index >= 15 is 0 Å². The summed E-state index contributed by atoms with van der Waals surface area (Å²) < 4.78 is 0. The molecule has 0 aliphatic heterocycles. The summed E-state index contributed by atoms with van der Waals surface area (Å²) in [6.45, 7) is 5.86. The number of carbonyl (C=O) groups excluding carboxylic acids is 1. The Morgan fingerprint density at radius 2 is 1.30 bits per heavy atom. The zero-order chi connectivity index (χ0) is 19.4. The van der Waals surface area contributed by atoms with Crippen molar-refractivity contribution in [2.24, 2.45) is 0 Å². The van der Waals surface area contributed by atoms with Crippen LogP contribution in [-0.2, 0) is 10.4 Å². The summed E-state index contributed by atoms with van der Waals surface area (Å²) in [5.74, 6) is -0.542. The highest BCUT2D eigenvalue weighted by molar-refractivity contribution is 5.91. The second-order valence-electron chi connectivity index (χ2n) is 6.89. The number of nitrogens with one attached hydrogen (secondary N) is 2. The van der Waals surface area contributed by atoms with Crippen molar-refractivity contribution in [2.45, 2.75) is 26.4 Å². The van der Waals surface area contributed by atoms with Gasteiger partial charge in [-0.15, -0.1) is 0 Å². The summed E-state index contributed by atoms with van der Waals surface area (Å²) >= 11 is 0. The van der Waals surface area contributed by atoms with Crippen LogP contribution in [0.5, 0.6) is 0 Å². The average molecular weight is 360 g/mol. The van der Waals surface area contributed by atoms with Gasteiger partial charge in [0.05, 0.1) is 5.69 Å². The van der Waals surface area contributed by atoms with Crippen LogP contribution in [0.3, 0.4) is 0 Å². The standard InChI is InChI=1S/C23H24N2O2/c1-16-10-12-21(13-11-16)24-25-22(26)23(27,19-8-4-6-17(2)14-19)20-9-5-7-18(3)15-20/h4-15,24,27H,1-3H3,(H,25,26). The number of benzene rings is 3. The Bertz CT molecular complexity index is 903. The Morgan fingerprint density at radius 3 is 1.78 bits per heavy atom. The highest BCUT2D eigenvalue weighted by Crippen LogP contribution is 2.31. The fourth-order valence-electron chi connectivity index (χ4n) is 3.03. The Labute approximate surface area is 159 Å². The summed E-state index contributed by atoms with van der Waals surface area (Å²) in [4.78, 5) is 13.1. The fraction of sp³-hybridized carbons (Fsp3) is 0.174. The molecular formula is C23H24N2O2. The maximum absolute atomic E-state index is 13.1. The van der Waals surface area contributed by atoms with Gasteiger partial charge in [0.2, 0.25) is 0 Å². The first-order valence-corrected chi connectivity index (χ1v) is 8.89. The van der Waals surface area contributed by atoms with Gasteiger partial charge >= 0.3 is 0 Å². The number of hydrogen-bond donors (Lipinski definition) is 3. The lowest BCUT2D eigenvalue weighted by molar-refractivity contribution is -0.136. The smallest absolute Gasteiger partial charge is 0.279 e. The third-order valence-electron chi connectivity index (χ3n) is 4.57. The molecule has 4 heteroatoms. The van der Waals surface area contributed by atoms with Gasteiger partial charge in [-0.3, -0.25) is 15.6 Å². The second-order valence-corrected chi connectivity index (χ2v) is 6.89. The largest absolute Gasteiger partial charge is 0.372 e. The van der Waals surface area contributed by atoms with Gasteiger partial charge in [0.15, 0.2) is 5.60 Å². The van der Waals surface area contributed by atoms with Crippen LogP contribution in [0.4, 0.5) is 5.69 Å². The van der Waals surface area contributed by atoms with Crippen molar-refractivity contribution >= 4 is 11.6 Å². The van der Waals surface area contributed by atoms with E-state index in [4.69, 9.17) is 0 Å². The maximum atomic E-state index is 13.1. The van der Waals surface area contributed by atoms with Gasteiger partial charge in [-0.25, -0.2) is 0 Å². The lowest BCUT2D eigenvalue weighted by Crippen LogP contribution is -2.47. The molecule has 3 rings (SSSR count). The van der Waals surface area contributed by atoms with Gasteiger partial charge in [-0.05, 0) is 44.0 Å². The second kappa shape index (κ2) is 7.64. The molecule has 0 spiro atoms. The van der Waals surface area contributed by atoms with Crippen LogP contribution in [0.2, 0.25) is 0 Å². The molecule has 0 atom stereocenters. The van der Waals surface area contributed by atoms with Gasteiger partial charge < -0.3 is 5.11 Å². The molecule has 0 radical (unpaired) electrons. The zero-order valence-electron chi connectivity index (χ0n) is 15.8. The molecule has 0 heterocycles. The summed E-state index contributed by atoms with van der Waals surface area (Å²) in [6.07, 6.45) is 0. The van der Waals surface area contributed by atoms with E-state index in [1.807, 2.05) is 81.4 Å². The Hall–Kier alpha value is -3.11. The van der Waals surface area contributed by atoms with E-state index in [1.165, 1.54) is 0 Å². The molecular weight excluding hydrogens is 336 g/mol. The predicted molar refractivity (Wildman–Crippen MR) is 108 cm³/mol. The molecule has 0 saturated heterocycles. The van der Waals surface area contributed by atoms with Crippen LogP contribution in [0, 0.1) is 20.8 Å². The van der Waals surface area contributed by atoms with Gasteiger partial charge in [0.1, 0.15) is 0 Å². The third kappa shape index (κ3) is 4.01. The molecule has 3 N–H and O–H groups in total. The van der Waals surface area contributed by atoms with Crippen molar-refractivity contribution in [2.75, 3.05) is 5.43 Å². The van der Waals surface area contributed by atoms with Crippen LogP contribution in [-0.4, -0.2) is 11.0 Å². The van der Waals surface area contributed by atoms with Crippen LogP contribution in [0.1, 0.15) is 27.8 Å². The quantitative estimate of drug-likeness (QED) is 0.603. The normalized spacial score (nSPS) is 11.1. The number of amides is 1. The van der Waals surface area contributed by atoms with Crippen molar-refractivity contribution in [3.05, 3.63) is 101 Å². The molecule has 0 aliphatic carbocycles. The number of hydrazine groups is 1. The van der Waals surface area contributed by atoms with Crippen molar-refractivity contribution in [3.8, 4) is 0 Å². The maximum Gasteiger partial charge on any atom is 0.279 e. The molecule has 3 aromatic rings. The molecule has 4 nitrogen and oxygen atoms in total. The van der Waals surface area contributed by atoms with Crippen LogP contribution in [0.25, 0.3) is 0 Å². The Kier molecular flexibility index (Phi) is 5.28. The number of aliphatic hydroxyl groups is 1. The van der Waals surface area contributed by atoms with E-state index in [0.29, 0.717) is 11.1 Å². The van der Waals surface area contributed by atoms with Crippen molar-refractivity contribution in [3.63, 3.8) is 0 Å². The molecule has 1 amide bonds. The van der Waals surface area contributed by atoms with Crippen molar-refractivity contribution in [1.29, 1.82) is 0 Å². The first kappa shape index (κ1) is 18.7. The van der Waals surface area contributed by atoms with E-state index in [2.05, 4.69) is 10.9 Å². The van der Waals surface area contributed by atoms with Gasteiger partial charge in [-0.2, -0.15) is 0 Å². The number of anilines is 1. The fourth-order valence-corrected chi connectivity index (χ4v) is 3.03. The highest BCUT2D eigenvalue weighted by Gasteiger charge is 2.40. The summed E-state index contributed by atoms with van der Waals surface area (Å²) in [5, 5.41) is 11.5. The third-order valence-corrected chi connectivity index (χ3v) is 4.57. The Balaban J connectivity index is 1.96. The van der Waals surface area contributed by atoms with Crippen LogP contribution < -0.4 is 10.9 Å². The minimum Gasteiger partial charge on any atom is -0.372 e. The molecule has 27 heavy (non-hydrogen) atoms. The molecule has 0 unspecified atom stereocenters. The summed E-state index contributed by atoms with van der Waals surface area (Å²) in [6, 6.07) is 22.4.